The van der Waals surface area contributed by atoms with Crippen molar-refractivity contribution >= 4 is 17.7 Å². The van der Waals surface area contributed by atoms with Crippen molar-refractivity contribution in [1.29, 1.82) is 0 Å². The van der Waals surface area contributed by atoms with Gasteiger partial charge in [0.2, 0.25) is 0 Å². The number of fused-ring (bicyclic) bond motifs is 1. The molecule has 0 saturated carbocycles. The van der Waals surface area contributed by atoms with Crippen LogP contribution in [0.15, 0.2) is 72.8 Å². The second-order valence-electron chi connectivity index (χ2n) is 8.71. The number of methoxy groups -OCH3 is 1. The molecule has 35 heavy (non-hydrogen) atoms. The van der Waals surface area contributed by atoms with Gasteiger partial charge in [-0.1, -0.05) is 42.5 Å². The van der Waals surface area contributed by atoms with Crippen LogP contribution in [0, 0.1) is 0 Å². The number of carbonyl (C=O) groups is 2. The van der Waals surface area contributed by atoms with Gasteiger partial charge in [-0.3, -0.25) is 4.79 Å². The topological polar surface area (TPSA) is 68.3 Å². The van der Waals surface area contributed by atoms with E-state index in [4.69, 9.17) is 14.2 Å². The van der Waals surface area contributed by atoms with Gasteiger partial charge in [0.25, 0.3) is 5.91 Å². The zero-order valence-corrected chi connectivity index (χ0v) is 19.8. The third-order valence-electron chi connectivity index (χ3n) is 6.55. The largest absolute Gasteiger partial charge is 0.457 e. The summed E-state index contributed by atoms with van der Waals surface area (Å²) in [4.78, 5) is 28.1. The molecule has 3 aromatic carbocycles. The van der Waals surface area contributed by atoms with E-state index in [0.29, 0.717) is 19.7 Å². The summed E-state index contributed by atoms with van der Waals surface area (Å²) in [5.41, 5.74) is 3.92. The summed E-state index contributed by atoms with van der Waals surface area (Å²) in [6.45, 7) is 3.50. The van der Waals surface area contributed by atoms with Gasteiger partial charge in [-0.25, -0.2) is 4.79 Å². The summed E-state index contributed by atoms with van der Waals surface area (Å²) in [6.07, 6.45) is -0.0437. The van der Waals surface area contributed by atoms with E-state index < -0.39 is 6.10 Å². The Bertz CT molecular complexity index is 1210. The maximum absolute atomic E-state index is 12.8. The van der Waals surface area contributed by atoms with E-state index in [0.717, 1.165) is 40.3 Å². The number of cyclic esters (lactones) is 1. The standard InChI is InChI=1S/C28H28N2O5/c1-3-29-21(18-34-28(29)32)16-19-8-12-22(13-9-19)35-23-14-10-20(11-15-23)17-30-25-7-5-4-6-24(25)26(33-2)27(30)31/h4-15,21,26H,3,16-18H2,1-2H3. The van der Waals surface area contributed by atoms with E-state index in [2.05, 4.69) is 0 Å². The molecule has 7 heteroatoms. The Labute approximate surface area is 204 Å². The Morgan fingerprint density at radius 1 is 0.914 bits per heavy atom. The van der Waals surface area contributed by atoms with E-state index in [1.807, 2.05) is 79.7 Å². The third kappa shape index (κ3) is 4.59. The number of nitrogens with zero attached hydrogens (tertiary/aromatic N) is 2. The zero-order valence-electron chi connectivity index (χ0n) is 19.8. The summed E-state index contributed by atoms with van der Waals surface area (Å²) < 4.78 is 16.6. The number of likely N-dealkylation sites (N-methyl/N-ethyl adjacent to an activating group) is 1. The van der Waals surface area contributed by atoms with Crippen molar-refractivity contribution in [2.45, 2.75) is 32.0 Å². The van der Waals surface area contributed by atoms with Crippen molar-refractivity contribution in [3.8, 4) is 11.5 Å². The molecule has 2 atom stereocenters. The highest BCUT2D eigenvalue weighted by atomic mass is 16.6. The van der Waals surface area contributed by atoms with Crippen molar-refractivity contribution < 1.29 is 23.8 Å². The van der Waals surface area contributed by atoms with Crippen molar-refractivity contribution in [3.05, 3.63) is 89.5 Å². The third-order valence-corrected chi connectivity index (χ3v) is 6.55. The second-order valence-corrected chi connectivity index (χ2v) is 8.71. The Morgan fingerprint density at radius 2 is 1.57 bits per heavy atom. The quantitative estimate of drug-likeness (QED) is 0.457. The van der Waals surface area contributed by atoms with Gasteiger partial charge in [0.1, 0.15) is 18.1 Å². The number of rotatable bonds is 8. The molecule has 7 nitrogen and oxygen atoms in total. The SMILES string of the molecule is CCN1C(=O)OCC1Cc1ccc(Oc2ccc(CN3C(=O)C(OC)c4ccccc43)cc2)cc1. The summed E-state index contributed by atoms with van der Waals surface area (Å²) in [5.74, 6) is 1.40. The van der Waals surface area contributed by atoms with Crippen molar-refractivity contribution in [1.82, 2.24) is 4.90 Å². The van der Waals surface area contributed by atoms with Crippen LogP contribution in [0.2, 0.25) is 0 Å². The van der Waals surface area contributed by atoms with E-state index in [-0.39, 0.29) is 18.0 Å². The lowest BCUT2D eigenvalue weighted by molar-refractivity contribution is -0.127. The Hall–Kier alpha value is -3.84. The van der Waals surface area contributed by atoms with Crippen LogP contribution in [0.5, 0.6) is 11.5 Å². The van der Waals surface area contributed by atoms with Gasteiger partial charge in [0, 0.05) is 19.2 Å². The zero-order chi connectivity index (χ0) is 24.4. The number of hydrogen-bond acceptors (Lipinski definition) is 5. The molecule has 1 saturated heterocycles. The lowest BCUT2D eigenvalue weighted by Crippen LogP contribution is -2.34. The van der Waals surface area contributed by atoms with Crippen molar-refractivity contribution in [3.63, 3.8) is 0 Å². The normalized spacial score (nSPS) is 19.1. The number of benzene rings is 3. The van der Waals surface area contributed by atoms with Gasteiger partial charge < -0.3 is 24.0 Å². The van der Waals surface area contributed by atoms with Crippen LogP contribution in [0.25, 0.3) is 0 Å². The first-order chi connectivity index (χ1) is 17.1. The molecule has 1 fully saturated rings. The highest BCUT2D eigenvalue weighted by molar-refractivity contribution is 6.03. The van der Waals surface area contributed by atoms with Gasteiger partial charge in [-0.2, -0.15) is 0 Å². The minimum atomic E-state index is -0.552. The number of hydrogen-bond donors (Lipinski definition) is 0. The second kappa shape index (κ2) is 9.80. The summed E-state index contributed by atoms with van der Waals surface area (Å²) in [5, 5.41) is 0. The number of anilines is 1. The number of amides is 2. The molecule has 2 heterocycles. The molecule has 3 aromatic rings. The Kier molecular flexibility index (Phi) is 6.42. The molecule has 2 amide bonds. The molecule has 0 radical (unpaired) electrons. The van der Waals surface area contributed by atoms with Crippen LogP contribution in [0.1, 0.15) is 29.7 Å². The smallest absolute Gasteiger partial charge is 0.410 e. The highest BCUT2D eigenvalue weighted by Gasteiger charge is 2.37. The number of carbonyl (C=O) groups excluding carboxylic acids is 2. The van der Waals surface area contributed by atoms with Crippen LogP contribution in [-0.4, -0.2) is 43.2 Å². The molecule has 0 N–H and O–H groups in total. The summed E-state index contributed by atoms with van der Waals surface area (Å²) in [6, 6.07) is 23.5. The Balaban J connectivity index is 1.21. The van der Waals surface area contributed by atoms with Gasteiger partial charge >= 0.3 is 6.09 Å². The molecule has 2 aliphatic rings. The van der Waals surface area contributed by atoms with Crippen LogP contribution >= 0.6 is 0 Å². The van der Waals surface area contributed by atoms with E-state index >= 15 is 0 Å². The molecule has 2 unspecified atom stereocenters. The lowest BCUT2D eigenvalue weighted by atomic mass is 10.1. The van der Waals surface area contributed by atoms with E-state index in [1.165, 1.54) is 0 Å². The first kappa shape index (κ1) is 22.9. The first-order valence-corrected chi connectivity index (χ1v) is 11.8. The van der Waals surface area contributed by atoms with Crippen LogP contribution in [0.3, 0.4) is 0 Å². The van der Waals surface area contributed by atoms with E-state index in [9.17, 15) is 9.59 Å². The number of ether oxygens (including phenoxy) is 3. The fourth-order valence-electron chi connectivity index (χ4n) is 4.73. The molecule has 5 rings (SSSR count). The molecular weight excluding hydrogens is 444 g/mol. The summed E-state index contributed by atoms with van der Waals surface area (Å²) >= 11 is 0. The minimum absolute atomic E-state index is 0.0512. The first-order valence-electron chi connectivity index (χ1n) is 11.8. The minimum Gasteiger partial charge on any atom is -0.457 e. The predicted molar refractivity (Wildman–Crippen MR) is 132 cm³/mol. The average molecular weight is 473 g/mol. The molecule has 0 bridgehead atoms. The summed E-state index contributed by atoms with van der Waals surface area (Å²) in [7, 11) is 1.56. The van der Waals surface area contributed by atoms with Gasteiger partial charge in [-0.05, 0) is 54.8 Å². The van der Waals surface area contributed by atoms with Gasteiger partial charge in [0.15, 0.2) is 6.10 Å². The maximum Gasteiger partial charge on any atom is 0.410 e. The fourth-order valence-corrected chi connectivity index (χ4v) is 4.73. The van der Waals surface area contributed by atoms with Crippen molar-refractivity contribution in [2.75, 3.05) is 25.2 Å². The molecule has 2 aliphatic heterocycles. The van der Waals surface area contributed by atoms with Gasteiger partial charge in [0.05, 0.1) is 18.3 Å². The fraction of sp³-hybridized carbons (Fsp3) is 0.286. The molecule has 180 valence electrons. The van der Waals surface area contributed by atoms with Crippen molar-refractivity contribution in [2.24, 2.45) is 0 Å². The average Bonchev–Trinajstić information content (AvgIpc) is 3.37. The number of para-hydroxylation sites is 1. The van der Waals surface area contributed by atoms with Crippen LogP contribution in [-0.2, 0) is 27.2 Å². The Morgan fingerprint density at radius 3 is 2.23 bits per heavy atom. The molecular formula is C28H28N2O5. The maximum atomic E-state index is 12.8. The molecule has 0 aliphatic carbocycles. The predicted octanol–water partition coefficient (Wildman–Crippen LogP) is 5.10. The molecule has 0 aromatic heterocycles. The van der Waals surface area contributed by atoms with E-state index in [1.54, 1.807) is 16.9 Å². The van der Waals surface area contributed by atoms with Gasteiger partial charge in [-0.15, -0.1) is 0 Å². The van der Waals surface area contributed by atoms with Crippen LogP contribution in [0.4, 0.5) is 10.5 Å². The molecule has 0 spiro atoms. The van der Waals surface area contributed by atoms with Crippen LogP contribution < -0.4 is 9.64 Å². The highest BCUT2D eigenvalue weighted by Crippen LogP contribution is 2.38. The lowest BCUT2D eigenvalue weighted by Gasteiger charge is -2.19. The monoisotopic (exact) mass is 472 g/mol.